The Morgan fingerprint density at radius 1 is 1.45 bits per heavy atom. The van der Waals surface area contributed by atoms with E-state index in [-0.39, 0.29) is 5.91 Å². The average Bonchev–Trinajstić information content (AvgIpc) is 2.80. The normalized spacial score (nSPS) is 11.4. The first-order chi connectivity index (χ1) is 9.27. The van der Waals surface area contributed by atoms with E-state index in [9.17, 15) is 9.90 Å². The summed E-state index contributed by atoms with van der Waals surface area (Å²) in [6.45, 7) is 3.22. The standard InChI is InChI=1S/C12H11ClIN3O2S/c1-12(2,19)10-16-17-11(20-10)15-9(18)7-5-6(13)3-4-8(7)14/h3-5,19H,1-2H3,(H,15,17,18). The molecular weight excluding hydrogens is 413 g/mol. The Bertz CT molecular complexity index is 654. The molecule has 0 radical (unpaired) electrons. The first-order valence-corrected chi connectivity index (χ1v) is 7.87. The molecule has 0 aliphatic rings. The van der Waals surface area contributed by atoms with Gasteiger partial charge in [-0.3, -0.25) is 10.1 Å². The molecule has 20 heavy (non-hydrogen) atoms. The van der Waals surface area contributed by atoms with Crippen molar-refractivity contribution in [3.8, 4) is 0 Å². The number of nitrogens with zero attached hydrogens (tertiary/aromatic N) is 2. The Morgan fingerprint density at radius 3 is 2.75 bits per heavy atom. The zero-order chi connectivity index (χ0) is 14.9. The van der Waals surface area contributed by atoms with Gasteiger partial charge in [0.2, 0.25) is 5.13 Å². The van der Waals surface area contributed by atoms with Crippen LogP contribution in [0.4, 0.5) is 5.13 Å². The highest BCUT2D eigenvalue weighted by molar-refractivity contribution is 14.1. The fourth-order valence-corrected chi connectivity index (χ4v) is 2.85. The van der Waals surface area contributed by atoms with Crippen molar-refractivity contribution in [3.63, 3.8) is 0 Å². The number of rotatable bonds is 3. The van der Waals surface area contributed by atoms with Crippen molar-refractivity contribution in [3.05, 3.63) is 37.4 Å². The van der Waals surface area contributed by atoms with Crippen molar-refractivity contribution in [2.45, 2.75) is 19.4 Å². The molecule has 1 heterocycles. The monoisotopic (exact) mass is 423 g/mol. The number of halogens is 2. The van der Waals surface area contributed by atoms with Gasteiger partial charge < -0.3 is 5.11 Å². The maximum atomic E-state index is 12.1. The van der Waals surface area contributed by atoms with Crippen molar-refractivity contribution in [2.75, 3.05) is 5.32 Å². The Hall–Kier alpha value is -0.770. The van der Waals surface area contributed by atoms with Crippen molar-refractivity contribution in [1.29, 1.82) is 0 Å². The Morgan fingerprint density at radius 2 is 2.15 bits per heavy atom. The van der Waals surface area contributed by atoms with Gasteiger partial charge in [0.15, 0.2) is 0 Å². The van der Waals surface area contributed by atoms with Crippen LogP contribution in [-0.4, -0.2) is 21.2 Å². The molecule has 0 spiro atoms. The largest absolute Gasteiger partial charge is 0.383 e. The van der Waals surface area contributed by atoms with Crippen LogP contribution in [0, 0.1) is 3.57 Å². The summed E-state index contributed by atoms with van der Waals surface area (Å²) in [7, 11) is 0. The topological polar surface area (TPSA) is 75.1 Å². The van der Waals surface area contributed by atoms with Crippen molar-refractivity contribution in [2.24, 2.45) is 0 Å². The van der Waals surface area contributed by atoms with Gasteiger partial charge in [0.05, 0.1) is 5.56 Å². The fourth-order valence-electron chi connectivity index (χ4n) is 1.36. The number of carbonyl (C=O) groups is 1. The van der Waals surface area contributed by atoms with Crippen LogP contribution >= 0.6 is 45.5 Å². The fraction of sp³-hybridized carbons (Fsp3) is 0.250. The second kappa shape index (κ2) is 5.92. The molecule has 0 saturated heterocycles. The van der Waals surface area contributed by atoms with E-state index in [2.05, 4.69) is 38.1 Å². The molecule has 0 unspecified atom stereocenters. The molecule has 1 aromatic carbocycles. The first-order valence-electron chi connectivity index (χ1n) is 5.60. The molecule has 5 nitrogen and oxygen atoms in total. The zero-order valence-corrected chi connectivity index (χ0v) is 14.4. The lowest BCUT2D eigenvalue weighted by Crippen LogP contribution is -2.14. The van der Waals surface area contributed by atoms with Crippen LogP contribution in [-0.2, 0) is 5.60 Å². The molecular formula is C12H11ClIN3O2S. The molecule has 0 saturated carbocycles. The molecule has 1 amide bonds. The number of benzene rings is 1. The highest BCUT2D eigenvalue weighted by Gasteiger charge is 2.22. The summed E-state index contributed by atoms with van der Waals surface area (Å²) in [5.41, 5.74) is -0.608. The van der Waals surface area contributed by atoms with Crippen LogP contribution in [0.5, 0.6) is 0 Å². The summed E-state index contributed by atoms with van der Waals surface area (Å²) in [4.78, 5) is 12.1. The minimum atomic E-state index is -1.08. The van der Waals surface area contributed by atoms with Crippen LogP contribution in [0.3, 0.4) is 0 Å². The van der Waals surface area contributed by atoms with Gasteiger partial charge in [0.1, 0.15) is 10.6 Å². The third-order valence-corrected chi connectivity index (χ3v) is 4.67. The molecule has 2 aromatic rings. The summed E-state index contributed by atoms with van der Waals surface area (Å²) in [5.74, 6) is -0.310. The van der Waals surface area contributed by atoms with E-state index in [0.29, 0.717) is 20.7 Å². The molecule has 106 valence electrons. The Balaban J connectivity index is 2.20. The van der Waals surface area contributed by atoms with Crippen LogP contribution in [0.2, 0.25) is 5.02 Å². The number of hydrogen-bond acceptors (Lipinski definition) is 5. The van der Waals surface area contributed by atoms with Gasteiger partial charge in [-0.05, 0) is 54.6 Å². The van der Waals surface area contributed by atoms with Crippen LogP contribution in [0.25, 0.3) is 0 Å². The number of aliphatic hydroxyl groups is 1. The minimum Gasteiger partial charge on any atom is -0.383 e. The minimum absolute atomic E-state index is 0.310. The number of carbonyl (C=O) groups excluding carboxylic acids is 1. The predicted octanol–water partition coefficient (Wildman–Crippen LogP) is 3.28. The zero-order valence-electron chi connectivity index (χ0n) is 10.6. The number of hydrogen-bond donors (Lipinski definition) is 2. The predicted molar refractivity (Wildman–Crippen MR) is 87.3 cm³/mol. The summed E-state index contributed by atoms with van der Waals surface area (Å²) in [5, 5.41) is 21.4. The molecule has 1 aromatic heterocycles. The number of aromatic nitrogens is 2. The van der Waals surface area contributed by atoms with Gasteiger partial charge in [-0.2, -0.15) is 0 Å². The Labute approximate surface area is 138 Å². The lowest BCUT2D eigenvalue weighted by molar-refractivity contribution is 0.0775. The molecule has 2 N–H and O–H groups in total. The van der Waals surface area contributed by atoms with E-state index in [4.69, 9.17) is 11.6 Å². The highest BCUT2D eigenvalue weighted by Crippen LogP contribution is 2.26. The first kappa shape index (κ1) is 15.6. The van der Waals surface area contributed by atoms with Crippen LogP contribution in [0.15, 0.2) is 18.2 Å². The number of nitrogens with one attached hydrogen (secondary N) is 1. The van der Waals surface area contributed by atoms with E-state index >= 15 is 0 Å². The second-order valence-electron chi connectivity index (χ2n) is 4.55. The molecule has 0 bridgehead atoms. The van der Waals surface area contributed by atoms with Gasteiger partial charge in [0.25, 0.3) is 5.91 Å². The summed E-state index contributed by atoms with van der Waals surface area (Å²) < 4.78 is 0.789. The van der Waals surface area contributed by atoms with Crippen molar-refractivity contribution >= 4 is 56.6 Å². The van der Waals surface area contributed by atoms with Gasteiger partial charge in [-0.25, -0.2) is 0 Å². The number of amides is 1. The molecule has 0 fully saturated rings. The smallest absolute Gasteiger partial charge is 0.258 e. The van der Waals surface area contributed by atoms with Gasteiger partial charge >= 0.3 is 0 Å². The maximum Gasteiger partial charge on any atom is 0.258 e. The maximum absolute atomic E-state index is 12.1. The SMILES string of the molecule is CC(C)(O)c1nnc(NC(=O)c2cc(Cl)ccc2I)s1. The van der Waals surface area contributed by atoms with E-state index < -0.39 is 5.60 Å². The van der Waals surface area contributed by atoms with E-state index in [1.54, 1.807) is 32.0 Å². The lowest BCUT2D eigenvalue weighted by atomic mass is 10.2. The van der Waals surface area contributed by atoms with Gasteiger partial charge in [-0.1, -0.05) is 22.9 Å². The lowest BCUT2D eigenvalue weighted by Gasteiger charge is -2.11. The molecule has 0 aliphatic heterocycles. The quantitative estimate of drug-likeness (QED) is 0.743. The summed E-state index contributed by atoms with van der Waals surface area (Å²) in [6.07, 6.45) is 0. The van der Waals surface area contributed by atoms with Gasteiger partial charge in [0, 0.05) is 8.59 Å². The molecule has 8 heteroatoms. The Kier molecular flexibility index (Phi) is 4.62. The van der Waals surface area contributed by atoms with Crippen molar-refractivity contribution < 1.29 is 9.90 Å². The number of anilines is 1. The summed E-state index contributed by atoms with van der Waals surface area (Å²) in [6, 6.07) is 5.08. The third kappa shape index (κ3) is 3.66. The van der Waals surface area contributed by atoms with Crippen molar-refractivity contribution in [1.82, 2.24) is 10.2 Å². The third-order valence-electron chi connectivity index (χ3n) is 2.34. The molecule has 0 atom stereocenters. The van der Waals surface area contributed by atoms with Gasteiger partial charge in [-0.15, -0.1) is 10.2 Å². The van der Waals surface area contributed by atoms with Crippen LogP contribution < -0.4 is 5.32 Å². The van der Waals surface area contributed by atoms with E-state index in [0.717, 1.165) is 14.9 Å². The second-order valence-corrected chi connectivity index (χ2v) is 7.13. The summed E-state index contributed by atoms with van der Waals surface area (Å²) >= 11 is 9.08. The van der Waals surface area contributed by atoms with E-state index in [1.807, 2.05) is 0 Å². The molecule has 0 aliphatic carbocycles. The highest BCUT2D eigenvalue weighted by atomic mass is 127. The van der Waals surface area contributed by atoms with Crippen LogP contribution in [0.1, 0.15) is 29.2 Å². The van der Waals surface area contributed by atoms with E-state index in [1.165, 1.54) is 0 Å². The average molecular weight is 424 g/mol. The molecule has 2 rings (SSSR count).